The summed E-state index contributed by atoms with van der Waals surface area (Å²) in [4.78, 5) is 25.8. The van der Waals surface area contributed by atoms with E-state index in [1.54, 1.807) is 38.3 Å². The highest BCUT2D eigenvalue weighted by atomic mass is 16.5. The molecular formula is C20H23N3O4. The van der Waals surface area contributed by atoms with Gasteiger partial charge in [0.2, 0.25) is 5.91 Å². The highest BCUT2D eigenvalue weighted by molar-refractivity contribution is 5.94. The first kappa shape index (κ1) is 18.6. The second-order valence-corrected chi connectivity index (χ2v) is 6.24. The van der Waals surface area contributed by atoms with Gasteiger partial charge in [0.15, 0.2) is 6.10 Å². The van der Waals surface area contributed by atoms with Crippen LogP contribution < -0.4 is 25.0 Å². The van der Waals surface area contributed by atoms with Crippen molar-refractivity contribution in [3.05, 3.63) is 48.5 Å². The van der Waals surface area contributed by atoms with Crippen LogP contribution in [0.2, 0.25) is 0 Å². The summed E-state index contributed by atoms with van der Waals surface area (Å²) >= 11 is 0. The minimum atomic E-state index is -0.649. The summed E-state index contributed by atoms with van der Waals surface area (Å²) in [6.07, 6.45) is -0.649. The van der Waals surface area contributed by atoms with E-state index in [1.165, 1.54) is 0 Å². The first-order chi connectivity index (χ1) is 13.0. The van der Waals surface area contributed by atoms with Gasteiger partial charge in [-0.25, -0.2) is 0 Å². The molecule has 0 aliphatic carbocycles. The summed E-state index contributed by atoms with van der Waals surface area (Å²) in [6, 6.07) is 14.5. The molecule has 142 valence electrons. The van der Waals surface area contributed by atoms with Crippen molar-refractivity contribution >= 4 is 23.2 Å². The van der Waals surface area contributed by atoms with Crippen LogP contribution in [0.15, 0.2) is 48.5 Å². The number of hydrogen-bond acceptors (Lipinski definition) is 5. The number of hydrogen-bond donors (Lipinski definition) is 2. The minimum absolute atomic E-state index is 0.0168. The second kappa shape index (κ2) is 8.44. The van der Waals surface area contributed by atoms with E-state index < -0.39 is 6.10 Å². The molecule has 1 fully saturated rings. The van der Waals surface area contributed by atoms with Crippen LogP contribution >= 0.6 is 0 Å². The van der Waals surface area contributed by atoms with Crippen molar-refractivity contribution < 1.29 is 19.1 Å². The fourth-order valence-corrected chi connectivity index (χ4v) is 2.77. The van der Waals surface area contributed by atoms with Crippen LogP contribution in [-0.2, 0) is 9.59 Å². The van der Waals surface area contributed by atoms with Crippen molar-refractivity contribution in [2.24, 2.45) is 0 Å². The van der Waals surface area contributed by atoms with Crippen molar-refractivity contribution in [2.75, 3.05) is 37.0 Å². The predicted molar refractivity (Wildman–Crippen MR) is 103 cm³/mol. The normalized spacial score (nSPS) is 14.9. The fourth-order valence-electron chi connectivity index (χ4n) is 2.77. The predicted octanol–water partition coefficient (Wildman–Crippen LogP) is 2.04. The first-order valence-corrected chi connectivity index (χ1v) is 8.78. The fraction of sp³-hybridized carbons (Fsp3) is 0.300. The number of carbonyl (C=O) groups excluding carboxylic acids is 2. The molecule has 0 radical (unpaired) electrons. The Bertz CT molecular complexity index is 790. The number of methoxy groups -OCH3 is 1. The second-order valence-electron chi connectivity index (χ2n) is 6.24. The molecule has 0 spiro atoms. The van der Waals surface area contributed by atoms with Gasteiger partial charge in [-0.15, -0.1) is 0 Å². The molecule has 0 bridgehead atoms. The van der Waals surface area contributed by atoms with Crippen LogP contribution in [0.5, 0.6) is 11.5 Å². The van der Waals surface area contributed by atoms with Gasteiger partial charge in [-0.1, -0.05) is 0 Å². The lowest BCUT2D eigenvalue weighted by atomic mass is 10.2. The maximum absolute atomic E-state index is 12.3. The van der Waals surface area contributed by atoms with Crippen molar-refractivity contribution in [1.29, 1.82) is 0 Å². The average molecular weight is 369 g/mol. The number of carbonyl (C=O) groups is 2. The van der Waals surface area contributed by atoms with Gasteiger partial charge < -0.3 is 25.0 Å². The van der Waals surface area contributed by atoms with Gasteiger partial charge in [0.25, 0.3) is 5.91 Å². The SMILES string of the molecule is COc1ccc(OC(C)C(=O)Nc2ccc(N3CCNC(=O)C3)cc2)cc1. The van der Waals surface area contributed by atoms with Gasteiger partial charge in [0, 0.05) is 24.5 Å². The monoisotopic (exact) mass is 369 g/mol. The summed E-state index contributed by atoms with van der Waals surface area (Å²) in [5.41, 5.74) is 1.63. The lowest BCUT2D eigenvalue weighted by molar-refractivity contribution is -0.122. The largest absolute Gasteiger partial charge is 0.497 e. The molecule has 3 rings (SSSR count). The highest BCUT2D eigenvalue weighted by Crippen LogP contribution is 2.20. The third-order valence-corrected chi connectivity index (χ3v) is 4.28. The molecule has 1 unspecified atom stereocenters. The van der Waals surface area contributed by atoms with Crippen LogP contribution in [0.3, 0.4) is 0 Å². The molecule has 1 aliphatic rings. The molecule has 1 heterocycles. The third-order valence-electron chi connectivity index (χ3n) is 4.28. The molecule has 0 aromatic heterocycles. The molecule has 27 heavy (non-hydrogen) atoms. The number of piperazine rings is 1. The smallest absolute Gasteiger partial charge is 0.265 e. The van der Waals surface area contributed by atoms with Crippen LogP contribution in [0.1, 0.15) is 6.92 Å². The number of nitrogens with zero attached hydrogens (tertiary/aromatic N) is 1. The molecule has 2 N–H and O–H groups in total. The zero-order valence-electron chi connectivity index (χ0n) is 15.4. The van der Waals surface area contributed by atoms with E-state index in [9.17, 15) is 9.59 Å². The first-order valence-electron chi connectivity index (χ1n) is 8.78. The molecule has 0 saturated carbocycles. The maximum atomic E-state index is 12.3. The average Bonchev–Trinajstić information content (AvgIpc) is 2.69. The van der Waals surface area contributed by atoms with E-state index in [-0.39, 0.29) is 11.8 Å². The van der Waals surface area contributed by atoms with Crippen molar-refractivity contribution in [3.63, 3.8) is 0 Å². The Labute approximate surface area is 158 Å². The van der Waals surface area contributed by atoms with Crippen LogP contribution in [-0.4, -0.2) is 44.7 Å². The summed E-state index contributed by atoms with van der Waals surface area (Å²) < 4.78 is 10.8. The molecule has 1 aliphatic heterocycles. The van der Waals surface area contributed by atoms with Gasteiger partial charge in [-0.05, 0) is 55.5 Å². The third kappa shape index (κ3) is 4.91. The minimum Gasteiger partial charge on any atom is -0.497 e. The van der Waals surface area contributed by atoms with Gasteiger partial charge in [0.05, 0.1) is 13.7 Å². The zero-order valence-corrected chi connectivity index (χ0v) is 15.4. The number of benzene rings is 2. The Morgan fingerprint density at radius 3 is 2.41 bits per heavy atom. The summed E-state index contributed by atoms with van der Waals surface area (Å²) in [7, 11) is 1.59. The van der Waals surface area contributed by atoms with E-state index in [0.29, 0.717) is 24.5 Å². The number of anilines is 2. The van der Waals surface area contributed by atoms with Crippen molar-refractivity contribution in [1.82, 2.24) is 5.32 Å². The zero-order chi connectivity index (χ0) is 19.2. The Balaban J connectivity index is 1.55. The van der Waals surface area contributed by atoms with Gasteiger partial charge in [0.1, 0.15) is 11.5 Å². The van der Waals surface area contributed by atoms with E-state index in [4.69, 9.17) is 9.47 Å². The molecule has 1 atom stereocenters. The molecule has 2 aromatic rings. The molecule has 7 nitrogen and oxygen atoms in total. The van der Waals surface area contributed by atoms with E-state index >= 15 is 0 Å². The molecule has 2 amide bonds. The van der Waals surface area contributed by atoms with Gasteiger partial charge in [-0.2, -0.15) is 0 Å². The molecule has 1 saturated heterocycles. The van der Waals surface area contributed by atoms with Crippen LogP contribution in [0.4, 0.5) is 11.4 Å². The molecule has 2 aromatic carbocycles. The highest BCUT2D eigenvalue weighted by Gasteiger charge is 2.17. The van der Waals surface area contributed by atoms with Crippen molar-refractivity contribution in [3.8, 4) is 11.5 Å². The van der Waals surface area contributed by atoms with E-state index in [0.717, 1.165) is 18.0 Å². The Kier molecular flexibility index (Phi) is 5.80. The number of rotatable bonds is 6. The quantitative estimate of drug-likeness (QED) is 0.815. The van der Waals surface area contributed by atoms with Crippen LogP contribution in [0.25, 0.3) is 0 Å². The van der Waals surface area contributed by atoms with E-state index in [2.05, 4.69) is 10.6 Å². The maximum Gasteiger partial charge on any atom is 0.265 e. The molecule has 7 heteroatoms. The standard InChI is InChI=1S/C20H23N3O4/c1-14(27-18-9-7-17(26-2)8-10-18)20(25)22-15-3-5-16(6-4-15)23-12-11-21-19(24)13-23/h3-10,14H,11-13H2,1-2H3,(H,21,24)(H,22,25). The number of ether oxygens (including phenoxy) is 2. The van der Waals surface area contributed by atoms with E-state index in [1.807, 2.05) is 29.2 Å². The number of nitrogens with one attached hydrogen (secondary N) is 2. The summed E-state index contributed by atoms with van der Waals surface area (Å²) in [6.45, 7) is 3.44. The molecular weight excluding hydrogens is 346 g/mol. The van der Waals surface area contributed by atoms with Gasteiger partial charge >= 0.3 is 0 Å². The number of amides is 2. The topological polar surface area (TPSA) is 79.9 Å². The lowest BCUT2D eigenvalue weighted by Gasteiger charge is -2.28. The summed E-state index contributed by atoms with van der Waals surface area (Å²) in [5, 5.41) is 5.64. The Hall–Kier alpha value is -3.22. The lowest BCUT2D eigenvalue weighted by Crippen LogP contribution is -2.47. The Morgan fingerprint density at radius 1 is 1.11 bits per heavy atom. The summed E-state index contributed by atoms with van der Waals surface area (Å²) in [5.74, 6) is 1.10. The Morgan fingerprint density at radius 2 is 1.78 bits per heavy atom. The van der Waals surface area contributed by atoms with Crippen LogP contribution in [0, 0.1) is 0 Å². The van der Waals surface area contributed by atoms with Crippen molar-refractivity contribution in [2.45, 2.75) is 13.0 Å². The van der Waals surface area contributed by atoms with Gasteiger partial charge in [-0.3, -0.25) is 9.59 Å².